The number of anilines is 1. The van der Waals surface area contributed by atoms with E-state index >= 15 is 0 Å². The van der Waals surface area contributed by atoms with E-state index < -0.39 is 27.9 Å². The molecule has 2 heterocycles. The van der Waals surface area contributed by atoms with Crippen molar-refractivity contribution < 1.29 is 31.9 Å². The number of hydrogen-bond acceptors (Lipinski definition) is 7. The van der Waals surface area contributed by atoms with E-state index in [4.69, 9.17) is 9.47 Å². The monoisotopic (exact) mass is 598 g/mol. The predicted molar refractivity (Wildman–Crippen MR) is 155 cm³/mol. The number of benzene rings is 2. The molecule has 42 heavy (non-hydrogen) atoms. The lowest BCUT2D eigenvalue weighted by atomic mass is 10.0. The molecule has 1 N–H and O–H groups in total. The molecule has 1 aliphatic heterocycles. The fraction of sp³-hybridized carbons (Fsp3) is 0.367. The number of amides is 2. The maximum atomic E-state index is 13.7. The quantitative estimate of drug-likeness (QED) is 0.461. The SMILES string of the molecule is CO[C@H]1CN(C)C(=O)c2cc(NS(=O)(=O)c3cccc(F)c3)ccc2OC[C@H](C)N(C(=O)Cc2cccnc2)C[C@@H]1C. The van der Waals surface area contributed by atoms with Gasteiger partial charge in [-0.25, -0.2) is 12.8 Å². The van der Waals surface area contributed by atoms with Crippen LogP contribution in [-0.4, -0.2) is 81.0 Å². The van der Waals surface area contributed by atoms with Crippen molar-refractivity contribution in [3.8, 4) is 5.75 Å². The van der Waals surface area contributed by atoms with Gasteiger partial charge in [-0.2, -0.15) is 0 Å². The van der Waals surface area contributed by atoms with Crippen LogP contribution in [0.15, 0.2) is 71.9 Å². The second kappa shape index (κ2) is 13.3. The molecule has 0 unspecified atom stereocenters. The lowest BCUT2D eigenvalue weighted by molar-refractivity contribution is -0.134. The number of fused-ring (bicyclic) bond motifs is 1. The van der Waals surface area contributed by atoms with Crippen LogP contribution in [0.25, 0.3) is 0 Å². The highest BCUT2D eigenvalue weighted by Crippen LogP contribution is 2.28. The van der Waals surface area contributed by atoms with Crippen LogP contribution in [-0.2, 0) is 26.0 Å². The highest BCUT2D eigenvalue weighted by Gasteiger charge is 2.30. The van der Waals surface area contributed by atoms with Crippen molar-refractivity contribution in [3.05, 3.63) is 83.9 Å². The molecule has 1 aliphatic rings. The highest BCUT2D eigenvalue weighted by atomic mass is 32.2. The minimum Gasteiger partial charge on any atom is -0.491 e. The molecule has 1 aromatic heterocycles. The fourth-order valence-corrected chi connectivity index (χ4v) is 5.90. The average Bonchev–Trinajstić information content (AvgIpc) is 2.97. The van der Waals surface area contributed by atoms with Crippen molar-refractivity contribution in [2.75, 3.05) is 38.6 Å². The first kappa shape index (κ1) is 30.9. The van der Waals surface area contributed by atoms with E-state index in [0.717, 1.165) is 17.7 Å². The molecule has 3 aromatic rings. The number of carbonyl (C=O) groups excluding carboxylic acids is 2. The van der Waals surface area contributed by atoms with Crippen molar-refractivity contribution >= 4 is 27.5 Å². The number of ether oxygens (including phenoxy) is 2. The van der Waals surface area contributed by atoms with E-state index in [0.29, 0.717) is 6.54 Å². The van der Waals surface area contributed by atoms with Crippen molar-refractivity contribution in [2.24, 2.45) is 5.92 Å². The summed E-state index contributed by atoms with van der Waals surface area (Å²) in [5, 5.41) is 0. The summed E-state index contributed by atoms with van der Waals surface area (Å²) < 4.78 is 53.7. The minimum atomic E-state index is -4.13. The zero-order valence-corrected chi connectivity index (χ0v) is 24.8. The van der Waals surface area contributed by atoms with E-state index in [1.807, 2.05) is 19.9 Å². The molecule has 2 amide bonds. The molecule has 0 spiro atoms. The van der Waals surface area contributed by atoms with E-state index in [1.54, 1.807) is 37.5 Å². The predicted octanol–water partition coefficient (Wildman–Crippen LogP) is 3.60. The third-order valence-corrected chi connectivity index (χ3v) is 8.58. The molecule has 224 valence electrons. The molecule has 0 bridgehead atoms. The number of nitrogens with zero attached hydrogens (tertiary/aromatic N) is 3. The number of halogens is 1. The maximum absolute atomic E-state index is 13.7. The highest BCUT2D eigenvalue weighted by molar-refractivity contribution is 7.92. The van der Waals surface area contributed by atoms with Crippen LogP contribution in [0.3, 0.4) is 0 Å². The normalized spacial score (nSPS) is 20.1. The fourth-order valence-electron chi connectivity index (χ4n) is 4.81. The number of nitrogens with one attached hydrogen (secondary N) is 1. The third kappa shape index (κ3) is 7.42. The Balaban J connectivity index is 1.65. The molecule has 2 aromatic carbocycles. The van der Waals surface area contributed by atoms with Gasteiger partial charge in [0, 0.05) is 51.2 Å². The molecule has 0 radical (unpaired) electrons. The first-order chi connectivity index (χ1) is 20.0. The van der Waals surface area contributed by atoms with Crippen molar-refractivity contribution in [1.82, 2.24) is 14.8 Å². The van der Waals surface area contributed by atoms with Gasteiger partial charge in [-0.15, -0.1) is 0 Å². The van der Waals surface area contributed by atoms with Gasteiger partial charge in [-0.1, -0.05) is 19.1 Å². The minimum absolute atomic E-state index is 0.0848. The molecular weight excluding hydrogens is 563 g/mol. The first-order valence-corrected chi connectivity index (χ1v) is 15.0. The second-order valence-electron chi connectivity index (χ2n) is 10.5. The van der Waals surface area contributed by atoms with Gasteiger partial charge < -0.3 is 19.3 Å². The summed E-state index contributed by atoms with van der Waals surface area (Å²) in [4.78, 5) is 34.2. The number of likely N-dealkylation sites (N-methyl/N-ethyl adjacent to an activating group) is 1. The standard InChI is InChI=1S/C30H35FN4O6S/c1-20-17-35(29(36)13-22-7-6-12-32-16-22)21(2)19-41-27-11-10-24(15-26(27)30(37)34(3)18-28(20)40-4)33-42(38,39)25-9-5-8-23(31)14-25/h5-12,14-16,20-21,28,33H,13,17-19H2,1-4H3/t20-,21-,28-/m0/s1. The number of rotatable bonds is 6. The number of aromatic nitrogens is 1. The van der Waals surface area contributed by atoms with Gasteiger partial charge in [0.15, 0.2) is 0 Å². The zero-order chi connectivity index (χ0) is 30.4. The zero-order valence-electron chi connectivity index (χ0n) is 24.0. The van der Waals surface area contributed by atoms with Crippen LogP contribution in [0.4, 0.5) is 10.1 Å². The molecule has 0 saturated carbocycles. The van der Waals surface area contributed by atoms with Crippen LogP contribution in [0.1, 0.15) is 29.8 Å². The summed E-state index contributed by atoms with van der Waals surface area (Å²) in [6, 6.07) is 12.3. The van der Waals surface area contributed by atoms with Gasteiger partial charge in [-0.05, 0) is 55.0 Å². The molecule has 12 heteroatoms. The third-order valence-electron chi connectivity index (χ3n) is 7.20. The summed E-state index contributed by atoms with van der Waals surface area (Å²) >= 11 is 0. The Bertz CT molecular complexity index is 1520. The van der Waals surface area contributed by atoms with Crippen LogP contribution in [0, 0.1) is 11.7 Å². The Hall–Kier alpha value is -4.03. The summed E-state index contributed by atoms with van der Waals surface area (Å²) in [5.41, 5.74) is 1.02. The Labute approximate surface area is 245 Å². The summed E-state index contributed by atoms with van der Waals surface area (Å²) in [6.07, 6.45) is 3.09. The Morgan fingerprint density at radius 2 is 1.93 bits per heavy atom. The van der Waals surface area contributed by atoms with Crippen molar-refractivity contribution in [3.63, 3.8) is 0 Å². The summed E-state index contributed by atoms with van der Waals surface area (Å²) in [7, 11) is -0.948. The largest absolute Gasteiger partial charge is 0.491 e. The molecule has 0 saturated heterocycles. The molecule has 0 aliphatic carbocycles. The smallest absolute Gasteiger partial charge is 0.261 e. The van der Waals surface area contributed by atoms with Crippen LogP contribution in [0.5, 0.6) is 5.75 Å². The molecule has 3 atom stereocenters. The number of pyridine rings is 1. The van der Waals surface area contributed by atoms with E-state index in [2.05, 4.69) is 9.71 Å². The van der Waals surface area contributed by atoms with Gasteiger partial charge in [0.05, 0.1) is 29.0 Å². The van der Waals surface area contributed by atoms with Crippen molar-refractivity contribution in [1.29, 1.82) is 0 Å². The van der Waals surface area contributed by atoms with Gasteiger partial charge >= 0.3 is 0 Å². The topological polar surface area (TPSA) is 118 Å². The van der Waals surface area contributed by atoms with E-state index in [9.17, 15) is 22.4 Å². The first-order valence-electron chi connectivity index (χ1n) is 13.5. The summed E-state index contributed by atoms with van der Waals surface area (Å²) in [5.74, 6) is -1.08. The van der Waals surface area contributed by atoms with Crippen LogP contribution in [0.2, 0.25) is 0 Å². The van der Waals surface area contributed by atoms with Gasteiger partial charge in [-0.3, -0.25) is 19.3 Å². The van der Waals surface area contributed by atoms with Gasteiger partial charge in [0.25, 0.3) is 15.9 Å². The van der Waals surface area contributed by atoms with Gasteiger partial charge in [0.2, 0.25) is 5.91 Å². The molecule has 0 fully saturated rings. The van der Waals surface area contributed by atoms with E-state index in [1.165, 1.54) is 35.2 Å². The van der Waals surface area contributed by atoms with Crippen molar-refractivity contribution in [2.45, 2.75) is 37.3 Å². The number of hydrogen-bond donors (Lipinski definition) is 1. The van der Waals surface area contributed by atoms with Crippen LogP contribution < -0.4 is 9.46 Å². The number of methoxy groups -OCH3 is 1. The molecular formula is C30H35FN4O6S. The Morgan fingerprint density at radius 1 is 1.14 bits per heavy atom. The lowest BCUT2D eigenvalue weighted by Crippen LogP contribution is -2.49. The number of carbonyl (C=O) groups is 2. The maximum Gasteiger partial charge on any atom is 0.261 e. The molecule has 4 rings (SSSR count). The van der Waals surface area contributed by atoms with Gasteiger partial charge in [0.1, 0.15) is 18.2 Å². The second-order valence-corrected chi connectivity index (χ2v) is 12.1. The van der Waals surface area contributed by atoms with Crippen LogP contribution >= 0.6 is 0 Å². The lowest BCUT2D eigenvalue weighted by Gasteiger charge is -2.36. The number of sulfonamides is 1. The summed E-state index contributed by atoms with van der Waals surface area (Å²) in [6.45, 7) is 4.52. The molecule has 10 nitrogen and oxygen atoms in total. The average molecular weight is 599 g/mol. The van der Waals surface area contributed by atoms with E-state index in [-0.39, 0.29) is 59.3 Å². The Morgan fingerprint density at radius 3 is 2.62 bits per heavy atom. The Kier molecular flexibility index (Phi) is 9.79.